The van der Waals surface area contributed by atoms with E-state index in [9.17, 15) is 0 Å². The summed E-state index contributed by atoms with van der Waals surface area (Å²) in [7, 11) is 2.07. The summed E-state index contributed by atoms with van der Waals surface area (Å²) in [4.78, 5) is 13.7. The van der Waals surface area contributed by atoms with Gasteiger partial charge in [0.25, 0.3) is 0 Å². The lowest BCUT2D eigenvalue weighted by atomic mass is 10.1. The highest BCUT2D eigenvalue weighted by Gasteiger charge is 2.36. The highest BCUT2D eigenvalue weighted by Crippen LogP contribution is 2.25. The quantitative estimate of drug-likeness (QED) is 0.828. The number of hydrogen-bond donors (Lipinski definition) is 0. The van der Waals surface area contributed by atoms with Crippen molar-refractivity contribution in [1.29, 1.82) is 0 Å². The van der Waals surface area contributed by atoms with Crippen LogP contribution in [0.5, 0.6) is 0 Å². The molecule has 6 heteroatoms. The first-order chi connectivity index (χ1) is 11.8. The molecule has 0 aliphatic carbocycles. The smallest absolute Gasteiger partial charge is 0.122 e. The summed E-state index contributed by atoms with van der Waals surface area (Å²) in [6.45, 7) is 6.01. The van der Waals surface area contributed by atoms with Crippen LogP contribution in [0.15, 0.2) is 36.9 Å². The lowest BCUT2D eigenvalue weighted by Crippen LogP contribution is -2.49. The molecule has 2 aromatic rings. The first-order valence-corrected chi connectivity index (χ1v) is 8.71. The minimum atomic E-state index is 0.336. The molecule has 0 saturated carbocycles. The predicted octanol–water partition coefficient (Wildman–Crippen LogP) is 1.29. The SMILES string of the molecule is Cn1ccnc1CN1CCN2C[C@H](OCc3cccnc3)C[C@H]2C1. The normalized spacial score (nSPS) is 25.0. The molecule has 0 aromatic carbocycles. The van der Waals surface area contributed by atoms with Gasteiger partial charge in [-0.25, -0.2) is 4.98 Å². The average molecular weight is 327 g/mol. The number of aryl methyl sites for hydroxylation is 1. The molecule has 2 aromatic heterocycles. The van der Waals surface area contributed by atoms with Crippen LogP contribution in [0.3, 0.4) is 0 Å². The van der Waals surface area contributed by atoms with E-state index >= 15 is 0 Å². The van der Waals surface area contributed by atoms with Crippen LogP contribution >= 0.6 is 0 Å². The van der Waals surface area contributed by atoms with E-state index in [4.69, 9.17) is 4.74 Å². The zero-order chi connectivity index (χ0) is 16.4. The van der Waals surface area contributed by atoms with E-state index in [2.05, 4.69) is 37.4 Å². The third-order valence-corrected chi connectivity index (χ3v) is 5.16. The van der Waals surface area contributed by atoms with Gasteiger partial charge in [0, 0.05) is 64.1 Å². The fourth-order valence-electron chi connectivity index (χ4n) is 3.77. The molecule has 128 valence electrons. The van der Waals surface area contributed by atoms with Gasteiger partial charge in [-0.1, -0.05) is 6.07 Å². The molecule has 0 bridgehead atoms. The number of ether oxygens (including phenoxy) is 1. The molecule has 0 spiro atoms. The Hall–Kier alpha value is -1.76. The van der Waals surface area contributed by atoms with Crippen LogP contribution in [0.25, 0.3) is 0 Å². The first kappa shape index (κ1) is 15.7. The van der Waals surface area contributed by atoms with Gasteiger partial charge in [-0.15, -0.1) is 0 Å². The fourth-order valence-corrected chi connectivity index (χ4v) is 3.77. The summed E-state index contributed by atoms with van der Waals surface area (Å²) in [5.41, 5.74) is 1.15. The minimum Gasteiger partial charge on any atom is -0.372 e. The summed E-state index contributed by atoms with van der Waals surface area (Å²) in [5, 5.41) is 0. The van der Waals surface area contributed by atoms with Crippen molar-refractivity contribution >= 4 is 0 Å². The molecule has 0 amide bonds. The molecule has 0 radical (unpaired) electrons. The topological polar surface area (TPSA) is 46.4 Å². The lowest BCUT2D eigenvalue weighted by Gasteiger charge is -2.36. The second-order valence-corrected chi connectivity index (χ2v) is 6.87. The number of hydrogen-bond acceptors (Lipinski definition) is 5. The monoisotopic (exact) mass is 327 g/mol. The van der Waals surface area contributed by atoms with Gasteiger partial charge in [0.05, 0.1) is 19.3 Å². The molecule has 6 nitrogen and oxygen atoms in total. The maximum atomic E-state index is 6.12. The Balaban J connectivity index is 1.28. The Morgan fingerprint density at radius 1 is 1.25 bits per heavy atom. The second-order valence-electron chi connectivity index (χ2n) is 6.87. The fraction of sp³-hybridized carbons (Fsp3) is 0.556. The van der Waals surface area contributed by atoms with E-state index < -0.39 is 0 Å². The Morgan fingerprint density at radius 3 is 3.00 bits per heavy atom. The maximum absolute atomic E-state index is 6.12. The van der Waals surface area contributed by atoms with Crippen LogP contribution in [0.4, 0.5) is 0 Å². The van der Waals surface area contributed by atoms with E-state index in [0.29, 0.717) is 18.8 Å². The molecule has 0 unspecified atom stereocenters. The van der Waals surface area contributed by atoms with E-state index in [1.54, 1.807) is 6.20 Å². The molecule has 2 aliphatic rings. The molecule has 2 saturated heterocycles. The van der Waals surface area contributed by atoms with E-state index in [1.807, 2.05) is 24.7 Å². The molecular formula is C18H25N5O. The van der Waals surface area contributed by atoms with Gasteiger partial charge in [0.15, 0.2) is 0 Å². The van der Waals surface area contributed by atoms with Crippen molar-refractivity contribution in [3.05, 3.63) is 48.3 Å². The standard InChI is InChI=1S/C18H25N5O/c1-21-6-5-20-18(21)13-22-7-8-23-12-17(9-16(23)11-22)24-14-15-3-2-4-19-10-15/h2-6,10,16-17H,7-9,11-14H2,1H3/t16-,17+/m0/s1. The van der Waals surface area contributed by atoms with Crippen molar-refractivity contribution < 1.29 is 4.74 Å². The van der Waals surface area contributed by atoms with Gasteiger partial charge in [0.1, 0.15) is 5.82 Å². The van der Waals surface area contributed by atoms with E-state index in [-0.39, 0.29) is 0 Å². The van der Waals surface area contributed by atoms with Crippen molar-refractivity contribution in [2.45, 2.75) is 31.7 Å². The summed E-state index contributed by atoms with van der Waals surface area (Å²) in [6.07, 6.45) is 9.04. The van der Waals surface area contributed by atoms with Crippen molar-refractivity contribution in [1.82, 2.24) is 24.3 Å². The Bertz CT molecular complexity index is 658. The highest BCUT2D eigenvalue weighted by atomic mass is 16.5. The van der Waals surface area contributed by atoms with Crippen molar-refractivity contribution in [3.8, 4) is 0 Å². The van der Waals surface area contributed by atoms with Crippen molar-refractivity contribution in [3.63, 3.8) is 0 Å². The number of nitrogens with zero attached hydrogens (tertiary/aromatic N) is 5. The van der Waals surface area contributed by atoms with E-state index in [1.165, 1.54) is 0 Å². The average Bonchev–Trinajstić information content (AvgIpc) is 3.20. The molecule has 2 fully saturated rings. The molecule has 2 aliphatic heterocycles. The van der Waals surface area contributed by atoms with Crippen LogP contribution in [-0.4, -0.2) is 62.7 Å². The van der Waals surface area contributed by atoms with Crippen LogP contribution < -0.4 is 0 Å². The molecule has 24 heavy (non-hydrogen) atoms. The molecule has 2 atom stereocenters. The van der Waals surface area contributed by atoms with Crippen molar-refractivity contribution in [2.75, 3.05) is 26.2 Å². The third kappa shape index (κ3) is 3.50. The van der Waals surface area contributed by atoms with Crippen molar-refractivity contribution in [2.24, 2.45) is 7.05 Å². The third-order valence-electron chi connectivity index (χ3n) is 5.16. The number of fused-ring (bicyclic) bond motifs is 1. The van der Waals surface area contributed by atoms with Gasteiger partial charge in [0.2, 0.25) is 0 Å². The van der Waals surface area contributed by atoms with Gasteiger partial charge in [-0.05, 0) is 18.1 Å². The number of imidazole rings is 1. The lowest BCUT2D eigenvalue weighted by molar-refractivity contribution is 0.0456. The van der Waals surface area contributed by atoms with E-state index in [0.717, 1.165) is 50.5 Å². The zero-order valence-corrected chi connectivity index (χ0v) is 14.2. The van der Waals surface area contributed by atoms with Gasteiger partial charge in [-0.2, -0.15) is 0 Å². The predicted molar refractivity (Wildman–Crippen MR) is 91.3 cm³/mol. The van der Waals surface area contributed by atoms with Crippen LogP contribution in [0, 0.1) is 0 Å². The zero-order valence-electron chi connectivity index (χ0n) is 14.2. The number of pyridine rings is 1. The first-order valence-electron chi connectivity index (χ1n) is 8.71. The molecule has 4 heterocycles. The molecular weight excluding hydrogens is 302 g/mol. The second kappa shape index (κ2) is 7.01. The summed E-state index contributed by atoms with van der Waals surface area (Å²) in [6, 6.07) is 4.65. The maximum Gasteiger partial charge on any atom is 0.122 e. The number of piperazine rings is 1. The molecule has 0 N–H and O–H groups in total. The van der Waals surface area contributed by atoms with Gasteiger partial charge < -0.3 is 9.30 Å². The number of aromatic nitrogens is 3. The van der Waals surface area contributed by atoms with Gasteiger partial charge in [-0.3, -0.25) is 14.8 Å². The Kier molecular flexibility index (Phi) is 4.60. The van der Waals surface area contributed by atoms with Crippen LogP contribution in [0.1, 0.15) is 17.8 Å². The summed E-state index contributed by atoms with van der Waals surface area (Å²) >= 11 is 0. The largest absolute Gasteiger partial charge is 0.372 e. The van der Waals surface area contributed by atoms with Crippen LogP contribution in [0.2, 0.25) is 0 Å². The Labute approximate surface area is 143 Å². The molecule has 4 rings (SSSR count). The minimum absolute atomic E-state index is 0.336. The summed E-state index contributed by atoms with van der Waals surface area (Å²) in [5.74, 6) is 1.14. The Morgan fingerprint density at radius 2 is 2.21 bits per heavy atom. The number of rotatable bonds is 5. The summed E-state index contributed by atoms with van der Waals surface area (Å²) < 4.78 is 8.24. The highest BCUT2D eigenvalue weighted by molar-refractivity contribution is 5.07. The van der Waals surface area contributed by atoms with Gasteiger partial charge >= 0.3 is 0 Å². The van der Waals surface area contributed by atoms with Crippen LogP contribution in [-0.2, 0) is 24.9 Å².